The number of nitro benzene ring substituents is 1. The molecule has 1 fully saturated rings. The Kier molecular flexibility index (Phi) is 4.72. The predicted molar refractivity (Wildman–Crippen MR) is 84.3 cm³/mol. The number of hydrogen-bond donors (Lipinski definition) is 1. The average Bonchev–Trinajstić information content (AvgIpc) is 2.45. The van der Waals surface area contributed by atoms with Crippen molar-refractivity contribution in [2.75, 3.05) is 25.5 Å². The van der Waals surface area contributed by atoms with Crippen LogP contribution in [0.3, 0.4) is 0 Å². The van der Waals surface area contributed by atoms with Crippen molar-refractivity contribution in [1.82, 2.24) is 4.31 Å². The highest BCUT2D eigenvalue weighted by molar-refractivity contribution is 7.89. The van der Waals surface area contributed by atoms with Crippen molar-refractivity contribution in [2.45, 2.75) is 25.2 Å². The lowest BCUT2D eigenvalue weighted by Gasteiger charge is -2.34. The standard InChI is InChI=1S/C14H21N3O4S/c1-10-6-11(2)9-16(8-10)22(20,21)12-4-5-13(15-3)14(7-12)17(18)19/h4-5,7,10-11,15H,6,8-9H2,1-3H3/t10-,11-/m0/s1. The molecule has 0 unspecified atom stereocenters. The number of nitrogens with one attached hydrogen (secondary N) is 1. The van der Waals surface area contributed by atoms with E-state index in [2.05, 4.69) is 5.32 Å². The molecule has 122 valence electrons. The molecule has 1 aliphatic heterocycles. The van der Waals surface area contributed by atoms with E-state index >= 15 is 0 Å². The Hall–Kier alpha value is -1.67. The summed E-state index contributed by atoms with van der Waals surface area (Å²) in [6.07, 6.45) is 0.991. The monoisotopic (exact) mass is 327 g/mol. The lowest BCUT2D eigenvalue weighted by molar-refractivity contribution is -0.384. The average molecular weight is 327 g/mol. The third-order valence-electron chi connectivity index (χ3n) is 3.91. The van der Waals surface area contributed by atoms with Crippen LogP contribution < -0.4 is 5.32 Å². The van der Waals surface area contributed by atoms with E-state index in [1.54, 1.807) is 7.05 Å². The van der Waals surface area contributed by atoms with Crippen molar-refractivity contribution in [3.05, 3.63) is 28.3 Å². The van der Waals surface area contributed by atoms with Gasteiger partial charge >= 0.3 is 0 Å². The van der Waals surface area contributed by atoms with E-state index in [0.717, 1.165) is 12.5 Å². The highest BCUT2D eigenvalue weighted by Gasteiger charge is 2.32. The molecule has 2 atom stereocenters. The number of benzene rings is 1. The molecule has 0 radical (unpaired) electrons. The first kappa shape index (κ1) is 16.7. The van der Waals surface area contributed by atoms with Crippen molar-refractivity contribution < 1.29 is 13.3 Å². The smallest absolute Gasteiger partial charge is 0.293 e. The molecule has 0 amide bonds. The van der Waals surface area contributed by atoms with Gasteiger partial charge in [0.1, 0.15) is 5.69 Å². The molecule has 8 heteroatoms. The van der Waals surface area contributed by atoms with Crippen molar-refractivity contribution in [1.29, 1.82) is 0 Å². The second-order valence-electron chi connectivity index (χ2n) is 5.95. The molecule has 0 spiro atoms. The summed E-state index contributed by atoms with van der Waals surface area (Å²) in [5.41, 5.74) is 0.0611. The van der Waals surface area contributed by atoms with Crippen LogP contribution in [0, 0.1) is 22.0 Å². The molecule has 1 aromatic rings. The Balaban J connectivity index is 2.41. The first-order chi connectivity index (χ1) is 10.3. The number of sulfonamides is 1. The van der Waals surface area contributed by atoms with E-state index in [-0.39, 0.29) is 22.4 Å². The van der Waals surface area contributed by atoms with E-state index in [1.807, 2.05) is 13.8 Å². The van der Waals surface area contributed by atoms with Gasteiger partial charge in [0.25, 0.3) is 5.69 Å². The van der Waals surface area contributed by atoms with E-state index in [0.29, 0.717) is 18.8 Å². The molecule has 0 aliphatic carbocycles. The third-order valence-corrected chi connectivity index (χ3v) is 5.74. The number of nitro groups is 1. The summed E-state index contributed by atoms with van der Waals surface area (Å²) in [7, 11) is -2.15. The second-order valence-corrected chi connectivity index (χ2v) is 7.89. The lowest BCUT2D eigenvalue weighted by Crippen LogP contribution is -2.42. The Bertz CT molecular complexity index is 665. The fourth-order valence-electron chi connectivity index (χ4n) is 2.99. The van der Waals surface area contributed by atoms with Crippen molar-refractivity contribution in [2.24, 2.45) is 11.8 Å². The van der Waals surface area contributed by atoms with Gasteiger partial charge in [-0.2, -0.15) is 4.31 Å². The molecule has 7 nitrogen and oxygen atoms in total. The lowest BCUT2D eigenvalue weighted by atomic mass is 9.94. The predicted octanol–water partition coefficient (Wildman–Crippen LogP) is 2.30. The molecule has 1 saturated heterocycles. The molecule has 1 aliphatic rings. The van der Waals surface area contributed by atoms with Gasteiger partial charge in [0.15, 0.2) is 0 Å². The highest BCUT2D eigenvalue weighted by atomic mass is 32.2. The van der Waals surface area contributed by atoms with Crippen molar-refractivity contribution in [3.63, 3.8) is 0 Å². The Morgan fingerprint density at radius 3 is 2.36 bits per heavy atom. The zero-order valence-corrected chi connectivity index (χ0v) is 13.8. The Labute approximate surface area is 130 Å². The van der Waals surface area contributed by atoms with Gasteiger partial charge in [-0.05, 0) is 30.4 Å². The summed E-state index contributed by atoms with van der Waals surface area (Å²) in [5.74, 6) is 0.565. The van der Waals surface area contributed by atoms with E-state index in [9.17, 15) is 18.5 Å². The molecular weight excluding hydrogens is 306 g/mol. The molecule has 22 heavy (non-hydrogen) atoms. The van der Waals surface area contributed by atoms with Crippen LogP contribution in [0.25, 0.3) is 0 Å². The SMILES string of the molecule is CNc1ccc(S(=O)(=O)N2C[C@@H](C)C[C@H](C)C2)cc1[N+](=O)[O-]. The molecule has 0 saturated carbocycles. The van der Waals surface area contributed by atoms with Crippen LogP contribution in [0.1, 0.15) is 20.3 Å². The Morgan fingerprint density at radius 1 is 1.27 bits per heavy atom. The number of nitrogens with zero attached hydrogens (tertiary/aromatic N) is 2. The van der Waals surface area contributed by atoms with Crippen LogP contribution in [0.15, 0.2) is 23.1 Å². The van der Waals surface area contributed by atoms with Gasteiger partial charge in [-0.3, -0.25) is 10.1 Å². The minimum atomic E-state index is -3.71. The van der Waals surface area contributed by atoms with Crippen LogP contribution in [-0.4, -0.2) is 37.8 Å². The minimum Gasteiger partial charge on any atom is -0.383 e. The molecule has 0 bridgehead atoms. The molecular formula is C14H21N3O4S. The van der Waals surface area contributed by atoms with Gasteiger partial charge in [-0.15, -0.1) is 0 Å². The molecule has 1 aromatic carbocycles. The quantitative estimate of drug-likeness (QED) is 0.676. The van der Waals surface area contributed by atoms with Gasteiger partial charge in [0.2, 0.25) is 10.0 Å². The molecule has 0 aromatic heterocycles. The van der Waals surface area contributed by atoms with E-state index in [4.69, 9.17) is 0 Å². The fourth-order valence-corrected chi connectivity index (χ4v) is 4.69. The Morgan fingerprint density at radius 2 is 1.86 bits per heavy atom. The van der Waals surface area contributed by atoms with E-state index in [1.165, 1.54) is 16.4 Å². The van der Waals surface area contributed by atoms with Crippen LogP contribution >= 0.6 is 0 Å². The summed E-state index contributed by atoms with van der Waals surface area (Å²) >= 11 is 0. The van der Waals surface area contributed by atoms with Crippen molar-refractivity contribution in [3.8, 4) is 0 Å². The highest BCUT2D eigenvalue weighted by Crippen LogP contribution is 2.31. The van der Waals surface area contributed by atoms with Crippen molar-refractivity contribution >= 4 is 21.4 Å². The summed E-state index contributed by atoms with van der Waals surface area (Å²) < 4.78 is 26.9. The first-order valence-corrected chi connectivity index (χ1v) is 8.66. The third kappa shape index (κ3) is 3.22. The first-order valence-electron chi connectivity index (χ1n) is 7.22. The van der Waals surface area contributed by atoms with Crippen LogP contribution in [0.4, 0.5) is 11.4 Å². The molecule has 1 N–H and O–H groups in total. The fraction of sp³-hybridized carbons (Fsp3) is 0.571. The number of anilines is 1. The van der Waals surface area contributed by atoms with Gasteiger partial charge in [-0.1, -0.05) is 13.8 Å². The van der Waals surface area contributed by atoms with Gasteiger partial charge < -0.3 is 5.32 Å². The van der Waals surface area contributed by atoms with Crippen LogP contribution in [-0.2, 0) is 10.0 Å². The van der Waals surface area contributed by atoms with Gasteiger partial charge in [-0.25, -0.2) is 8.42 Å². The maximum Gasteiger partial charge on any atom is 0.293 e. The molecule has 1 heterocycles. The maximum absolute atomic E-state index is 12.7. The minimum absolute atomic E-state index is 0.0282. The topological polar surface area (TPSA) is 92.6 Å². The summed E-state index contributed by atoms with van der Waals surface area (Å²) in [6, 6.07) is 3.98. The van der Waals surface area contributed by atoms with Gasteiger partial charge in [0, 0.05) is 26.2 Å². The number of rotatable bonds is 4. The normalized spacial score (nSPS) is 23.2. The number of hydrogen-bond acceptors (Lipinski definition) is 5. The summed E-state index contributed by atoms with van der Waals surface area (Å²) in [4.78, 5) is 10.5. The second kappa shape index (κ2) is 6.21. The number of piperidine rings is 1. The zero-order chi connectivity index (χ0) is 16.5. The largest absolute Gasteiger partial charge is 0.383 e. The van der Waals surface area contributed by atoms with E-state index < -0.39 is 14.9 Å². The van der Waals surface area contributed by atoms with Crippen LogP contribution in [0.5, 0.6) is 0 Å². The maximum atomic E-state index is 12.7. The summed E-state index contributed by atoms with van der Waals surface area (Å²) in [6.45, 7) is 4.94. The van der Waals surface area contributed by atoms with Crippen LogP contribution in [0.2, 0.25) is 0 Å². The van der Waals surface area contributed by atoms with Gasteiger partial charge in [0.05, 0.1) is 9.82 Å². The zero-order valence-electron chi connectivity index (χ0n) is 12.9. The summed E-state index contributed by atoms with van der Waals surface area (Å²) in [5, 5.41) is 13.8. The molecule has 2 rings (SSSR count).